The smallest absolute Gasteiger partial charge is 0.132 e. The number of nitrogens with one attached hydrogen (secondary N) is 1. The lowest BCUT2D eigenvalue weighted by Gasteiger charge is -2.29. The van der Waals surface area contributed by atoms with Crippen LogP contribution in [0.25, 0.3) is 0 Å². The van der Waals surface area contributed by atoms with Crippen LogP contribution in [-0.2, 0) is 19.5 Å². The van der Waals surface area contributed by atoms with Crippen LogP contribution < -0.4 is 14.8 Å². The molecule has 6 heteroatoms. The van der Waals surface area contributed by atoms with E-state index in [1.165, 1.54) is 11.3 Å². The lowest BCUT2D eigenvalue weighted by atomic mass is 10.0. The van der Waals surface area contributed by atoms with E-state index in [0.717, 1.165) is 68.5 Å². The molecule has 1 atom stereocenters. The van der Waals surface area contributed by atoms with Crippen LogP contribution in [0.15, 0.2) is 24.4 Å². The van der Waals surface area contributed by atoms with Crippen LogP contribution in [0.1, 0.15) is 35.0 Å². The number of hydrogen-bond donors (Lipinski definition) is 1. The van der Waals surface area contributed by atoms with E-state index in [1.807, 2.05) is 18.3 Å². The first-order chi connectivity index (χ1) is 12.8. The van der Waals surface area contributed by atoms with Gasteiger partial charge in [0.05, 0.1) is 14.2 Å². The van der Waals surface area contributed by atoms with E-state index in [1.54, 1.807) is 14.2 Å². The predicted octanol–water partition coefficient (Wildman–Crippen LogP) is 2.13. The predicted molar refractivity (Wildman–Crippen MR) is 99.6 cm³/mol. The first-order valence-electron chi connectivity index (χ1n) is 9.25. The van der Waals surface area contributed by atoms with Crippen LogP contribution in [0.5, 0.6) is 11.5 Å². The third kappa shape index (κ3) is 3.52. The first kappa shape index (κ1) is 17.2. The summed E-state index contributed by atoms with van der Waals surface area (Å²) >= 11 is 0. The van der Waals surface area contributed by atoms with Crippen molar-refractivity contribution < 1.29 is 9.47 Å². The van der Waals surface area contributed by atoms with Crippen LogP contribution in [-0.4, -0.2) is 48.7 Å². The molecular weight excluding hydrogens is 328 g/mol. The summed E-state index contributed by atoms with van der Waals surface area (Å²) in [6.07, 6.45) is 4.14. The molecule has 26 heavy (non-hydrogen) atoms. The van der Waals surface area contributed by atoms with Gasteiger partial charge in [-0.25, -0.2) is 9.97 Å². The summed E-state index contributed by atoms with van der Waals surface area (Å²) in [4.78, 5) is 11.9. The summed E-state index contributed by atoms with van der Waals surface area (Å²) in [5.41, 5.74) is 3.61. The number of fused-ring (bicyclic) bond motifs is 1. The maximum Gasteiger partial charge on any atom is 0.132 e. The van der Waals surface area contributed by atoms with E-state index >= 15 is 0 Å². The normalized spacial score (nSPS) is 20.0. The molecule has 2 aromatic rings. The second kappa shape index (κ2) is 7.60. The fourth-order valence-corrected chi connectivity index (χ4v) is 3.84. The molecule has 0 spiro atoms. The quantitative estimate of drug-likeness (QED) is 0.888. The highest BCUT2D eigenvalue weighted by atomic mass is 16.5. The van der Waals surface area contributed by atoms with E-state index in [4.69, 9.17) is 14.5 Å². The molecule has 2 aliphatic heterocycles. The molecule has 0 saturated carbocycles. The van der Waals surface area contributed by atoms with Crippen LogP contribution in [0.4, 0.5) is 0 Å². The van der Waals surface area contributed by atoms with E-state index in [2.05, 4.69) is 21.3 Å². The fraction of sp³-hybridized carbons (Fsp3) is 0.500. The average Bonchev–Trinajstić information content (AvgIpc) is 3.22. The van der Waals surface area contributed by atoms with E-state index < -0.39 is 0 Å². The molecule has 0 amide bonds. The fourth-order valence-electron chi connectivity index (χ4n) is 3.84. The molecule has 1 fully saturated rings. The average molecular weight is 354 g/mol. The van der Waals surface area contributed by atoms with Crippen molar-refractivity contribution in [3.8, 4) is 11.5 Å². The molecule has 6 nitrogen and oxygen atoms in total. The van der Waals surface area contributed by atoms with Crippen molar-refractivity contribution in [1.82, 2.24) is 20.2 Å². The Balaban J connectivity index is 1.48. The molecule has 0 radical (unpaired) electrons. The van der Waals surface area contributed by atoms with Crippen molar-refractivity contribution in [2.45, 2.75) is 31.8 Å². The summed E-state index contributed by atoms with van der Waals surface area (Å²) in [5.74, 6) is 3.24. The lowest BCUT2D eigenvalue weighted by Crippen LogP contribution is -2.31. The van der Waals surface area contributed by atoms with Crippen LogP contribution in [0.2, 0.25) is 0 Å². The first-order valence-corrected chi connectivity index (χ1v) is 9.25. The highest BCUT2D eigenvalue weighted by molar-refractivity contribution is 5.40. The highest BCUT2D eigenvalue weighted by Crippen LogP contribution is 2.28. The lowest BCUT2D eigenvalue weighted by molar-refractivity contribution is 0.238. The van der Waals surface area contributed by atoms with Gasteiger partial charge in [0.15, 0.2) is 0 Å². The molecule has 1 N–H and O–H groups in total. The number of rotatable bonds is 5. The second-order valence-electron chi connectivity index (χ2n) is 7.03. The van der Waals surface area contributed by atoms with Crippen molar-refractivity contribution in [2.75, 3.05) is 33.9 Å². The van der Waals surface area contributed by atoms with E-state index in [0.29, 0.717) is 5.92 Å². The van der Waals surface area contributed by atoms with Gasteiger partial charge >= 0.3 is 0 Å². The Bertz CT molecular complexity index is 774. The monoisotopic (exact) mass is 354 g/mol. The van der Waals surface area contributed by atoms with Crippen LogP contribution in [0.3, 0.4) is 0 Å². The van der Waals surface area contributed by atoms with Gasteiger partial charge in [0.25, 0.3) is 0 Å². The molecule has 4 rings (SSSR count). The zero-order chi connectivity index (χ0) is 17.9. The van der Waals surface area contributed by atoms with E-state index in [-0.39, 0.29) is 0 Å². The molecule has 0 aliphatic carbocycles. The molecule has 1 aromatic heterocycles. The maximum absolute atomic E-state index is 5.52. The largest absolute Gasteiger partial charge is 0.497 e. The van der Waals surface area contributed by atoms with Crippen molar-refractivity contribution in [2.24, 2.45) is 0 Å². The number of benzene rings is 1. The van der Waals surface area contributed by atoms with Gasteiger partial charge < -0.3 is 14.8 Å². The standard InChI is InChI=1S/C20H26N4O2/c1-25-17-3-4-19(26-2)15(9-17)12-24-8-6-18-16(13-24)11-22-20(23-18)14-5-7-21-10-14/h3-4,9,11,14,21H,5-8,10,12-13H2,1-2H3/t14-/m1/s1. The second-order valence-corrected chi connectivity index (χ2v) is 7.03. The van der Waals surface area contributed by atoms with Gasteiger partial charge in [-0.1, -0.05) is 0 Å². The molecule has 0 bridgehead atoms. The van der Waals surface area contributed by atoms with Gasteiger partial charge in [0.2, 0.25) is 0 Å². The summed E-state index contributed by atoms with van der Waals surface area (Å²) in [5, 5.41) is 3.40. The minimum atomic E-state index is 0.472. The molecule has 1 aromatic carbocycles. The van der Waals surface area contributed by atoms with Crippen molar-refractivity contribution in [1.29, 1.82) is 0 Å². The van der Waals surface area contributed by atoms with E-state index in [9.17, 15) is 0 Å². The number of ether oxygens (including phenoxy) is 2. The molecule has 2 aliphatic rings. The topological polar surface area (TPSA) is 59.5 Å². The minimum Gasteiger partial charge on any atom is -0.497 e. The number of nitrogens with zero attached hydrogens (tertiary/aromatic N) is 3. The SMILES string of the molecule is COc1ccc(OC)c(CN2CCc3nc([C@@H]4CCNC4)ncc3C2)c1. The molecule has 0 unspecified atom stereocenters. The highest BCUT2D eigenvalue weighted by Gasteiger charge is 2.23. The summed E-state index contributed by atoms with van der Waals surface area (Å²) in [6.45, 7) is 4.77. The van der Waals surface area contributed by atoms with Gasteiger partial charge in [-0.15, -0.1) is 0 Å². The van der Waals surface area contributed by atoms with Gasteiger partial charge in [-0.2, -0.15) is 0 Å². The zero-order valence-electron chi connectivity index (χ0n) is 15.5. The van der Waals surface area contributed by atoms with Crippen LogP contribution >= 0.6 is 0 Å². The maximum atomic E-state index is 5.52. The Kier molecular flexibility index (Phi) is 5.04. The Morgan fingerprint density at radius 2 is 2.19 bits per heavy atom. The molecule has 1 saturated heterocycles. The van der Waals surface area contributed by atoms with Crippen molar-refractivity contribution in [3.63, 3.8) is 0 Å². The van der Waals surface area contributed by atoms with Gasteiger partial charge in [-0.3, -0.25) is 4.90 Å². The Morgan fingerprint density at radius 3 is 2.96 bits per heavy atom. The third-order valence-electron chi connectivity index (χ3n) is 5.34. The minimum absolute atomic E-state index is 0.472. The molecular formula is C20H26N4O2. The van der Waals surface area contributed by atoms with Gasteiger partial charge in [-0.05, 0) is 31.2 Å². The zero-order valence-corrected chi connectivity index (χ0v) is 15.5. The number of hydrogen-bond acceptors (Lipinski definition) is 6. The Hall–Kier alpha value is -2.18. The van der Waals surface area contributed by atoms with Crippen LogP contribution in [0, 0.1) is 0 Å². The summed E-state index contributed by atoms with van der Waals surface area (Å²) < 4.78 is 10.9. The van der Waals surface area contributed by atoms with Crippen molar-refractivity contribution >= 4 is 0 Å². The van der Waals surface area contributed by atoms with Crippen molar-refractivity contribution in [3.05, 3.63) is 47.0 Å². The summed E-state index contributed by atoms with van der Waals surface area (Å²) in [6, 6.07) is 5.96. The van der Waals surface area contributed by atoms with Gasteiger partial charge in [0.1, 0.15) is 17.3 Å². The summed E-state index contributed by atoms with van der Waals surface area (Å²) in [7, 11) is 3.40. The molecule has 138 valence electrons. The van der Waals surface area contributed by atoms with Gasteiger partial charge in [0, 0.05) is 61.5 Å². The Morgan fingerprint density at radius 1 is 1.27 bits per heavy atom. The third-order valence-corrected chi connectivity index (χ3v) is 5.34. The number of methoxy groups -OCH3 is 2. The Labute approximate surface area is 154 Å². The number of aromatic nitrogens is 2. The molecule has 3 heterocycles.